The Balaban J connectivity index is 1.53. The number of ether oxygens (including phenoxy) is 2. The highest BCUT2D eigenvalue weighted by Gasteiger charge is 2.48. The second-order valence-corrected chi connectivity index (χ2v) is 10.6. The number of hydrogen-bond acceptors (Lipinski definition) is 8. The van der Waals surface area contributed by atoms with Gasteiger partial charge in [0.2, 0.25) is 0 Å². The van der Waals surface area contributed by atoms with Crippen LogP contribution in [-0.4, -0.2) is 34.4 Å². The van der Waals surface area contributed by atoms with Crippen molar-refractivity contribution in [3.8, 4) is 5.75 Å². The van der Waals surface area contributed by atoms with Crippen molar-refractivity contribution < 1.29 is 29.0 Å². The molecule has 42 heavy (non-hydrogen) atoms. The Morgan fingerprint density at radius 2 is 1.74 bits per heavy atom. The molecule has 0 radical (unpaired) electrons. The molecule has 4 aromatic rings. The van der Waals surface area contributed by atoms with Crippen LogP contribution in [0.15, 0.2) is 97.1 Å². The average Bonchev–Trinajstić information content (AvgIpc) is 3.52. The molecule has 0 spiro atoms. The molecule has 1 N–H and O–H groups in total. The van der Waals surface area contributed by atoms with E-state index < -0.39 is 23.7 Å². The first-order valence-corrected chi connectivity index (χ1v) is 14.0. The fourth-order valence-electron chi connectivity index (χ4n) is 4.70. The van der Waals surface area contributed by atoms with Crippen molar-refractivity contribution >= 4 is 39.9 Å². The van der Waals surface area contributed by atoms with Crippen molar-refractivity contribution in [3.05, 3.63) is 130 Å². The van der Waals surface area contributed by atoms with Gasteiger partial charge in [0.25, 0.3) is 5.78 Å². The predicted molar refractivity (Wildman–Crippen MR) is 161 cm³/mol. The molecule has 3 aromatic carbocycles. The highest BCUT2D eigenvalue weighted by atomic mass is 32.1. The summed E-state index contributed by atoms with van der Waals surface area (Å²) in [6, 6.07) is 22.8. The maximum absolute atomic E-state index is 13.5. The Kier molecular flexibility index (Phi) is 8.31. The molecule has 1 aromatic heterocycles. The number of anilines is 1. The fraction of sp³-hybridized carbons (Fsp3) is 0.152. The van der Waals surface area contributed by atoms with E-state index in [4.69, 9.17) is 9.47 Å². The molecule has 1 fully saturated rings. The number of benzene rings is 3. The summed E-state index contributed by atoms with van der Waals surface area (Å²) in [5, 5.41) is 11.7. The minimum atomic E-state index is -0.969. The number of amides is 1. The van der Waals surface area contributed by atoms with Crippen molar-refractivity contribution in [2.24, 2.45) is 0 Å². The van der Waals surface area contributed by atoms with Gasteiger partial charge in [0.15, 0.2) is 5.13 Å². The van der Waals surface area contributed by atoms with E-state index in [-0.39, 0.29) is 27.9 Å². The van der Waals surface area contributed by atoms with Gasteiger partial charge in [-0.05, 0) is 48.7 Å². The quantitative estimate of drug-likeness (QED) is 0.0813. The number of carbonyl (C=O) groups is 3. The highest BCUT2D eigenvalue weighted by molar-refractivity contribution is 7.17. The van der Waals surface area contributed by atoms with E-state index in [1.165, 1.54) is 11.0 Å². The van der Waals surface area contributed by atoms with Crippen LogP contribution in [0.1, 0.15) is 43.7 Å². The SMILES string of the molecule is C=CCOC(=O)c1sc(N2C(=O)C(=O)C(=C(O)c3ccc(OCc4ccccc4)c(C)c3)[C@@H]2c2ccccc2)nc1C. The Hall–Kier alpha value is -5.02. The molecular formula is C33H28N2O6S. The maximum atomic E-state index is 13.5. The molecule has 212 valence electrons. The zero-order valence-corrected chi connectivity index (χ0v) is 23.9. The lowest BCUT2D eigenvalue weighted by atomic mass is 9.95. The monoisotopic (exact) mass is 580 g/mol. The summed E-state index contributed by atoms with van der Waals surface area (Å²) in [6.45, 7) is 7.42. The number of aliphatic hydroxyl groups is 1. The van der Waals surface area contributed by atoms with E-state index in [1.807, 2.05) is 43.3 Å². The summed E-state index contributed by atoms with van der Waals surface area (Å²) < 4.78 is 11.1. The Bertz CT molecular complexity index is 1690. The van der Waals surface area contributed by atoms with Gasteiger partial charge in [-0.3, -0.25) is 14.5 Å². The molecule has 1 aliphatic rings. The van der Waals surface area contributed by atoms with Gasteiger partial charge in [0.05, 0.1) is 17.3 Å². The zero-order valence-electron chi connectivity index (χ0n) is 23.1. The molecule has 8 nitrogen and oxygen atoms in total. The summed E-state index contributed by atoms with van der Waals surface area (Å²) >= 11 is 0.949. The third kappa shape index (κ3) is 5.59. The molecule has 9 heteroatoms. The molecular weight excluding hydrogens is 552 g/mol. The summed E-state index contributed by atoms with van der Waals surface area (Å²) in [5.41, 5.74) is 3.01. The molecule has 0 bridgehead atoms. The molecule has 1 atom stereocenters. The summed E-state index contributed by atoms with van der Waals surface area (Å²) in [6.07, 6.45) is 1.45. The van der Waals surface area contributed by atoms with Crippen LogP contribution >= 0.6 is 11.3 Å². The molecule has 1 aliphatic heterocycles. The van der Waals surface area contributed by atoms with Crippen LogP contribution < -0.4 is 9.64 Å². The van der Waals surface area contributed by atoms with Gasteiger partial charge < -0.3 is 14.6 Å². The van der Waals surface area contributed by atoms with Crippen molar-refractivity contribution in [2.45, 2.75) is 26.5 Å². The standard InChI is InChI=1S/C33H28N2O6S/c1-4-17-40-32(39)30-21(3)34-33(42-30)35-27(23-13-9-6-10-14-23)26(29(37)31(35)38)28(36)24-15-16-25(20(2)18-24)41-19-22-11-7-5-8-12-22/h4-16,18,27,36H,1,17,19H2,2-3H3/t27-/m0/s1. The zero-order chi connectivity index (χ0) is 29.8. The summed E-state index contributed by atoms with van der Waals surface area (Å²) in [4.78, 5) is 45.4. The first kappa shape index (κ1) is 28.5. The Labute approximate surface area is 247 Å². The van der Waals surface area contributed by atoms with E-state index in [0.29, 0.717) is 29.2 Å². The smallest absolute Gasteiger partial charge is 0.350 e. The van der Waals surface area contributed by atoms with Crippen LogP contribution in [0.5, 0.6) is 5.75 Å². The number of aryl methyl sites for hydroxylation is 2. The van der Waals surface area contributed by atoms with Crippen molar-refractivity contribution in [1.82, 2.24) is 4.98 Å². The van der Waals surface area contributed by atoms with Crippen LogP contribution in [0, 0.1) is 13.8 Å². The average molecular weight is 581 g/mol. The van der Waals surface area contributed by atoms with Crippen LogP contribution in [-0.2, 0) is 20.9 Å². The number of hydrogen-bond donors (Lipinski definition) is 1. The number of esters is 1. The van der Waals surface area contributed by atoms with Gasteiger partial charge in [-0.1, -0.05) is 84.7 Å². The molecule has 0 aliphatic carbocycles. The molecule has 1 amide bonds. The minimum Gasteiger partial charge on any atom is -0.507 e. The summed E-state index contributed by atoms with van der Waals surface area (Å²) in [5.74, 6) is -2.00. The number of thiazole rings is 1. The number of ketones is 1. The number of aromatic nitrogens is 1. The van der Waals surface area contributed by atoms with Crippen LogP contribution in [0.4, 0.5) is 5.13 Å². The van der Waals surface area contributed by atoms with Gasteiger partial charge >= 0.3 is 11.9 Å². The van der Waals surface area contributed by atoms with E-state index in [2.05, 4.69) is 11.6 Å². The Morgan fingerprint density at radius 1 is 1.05 bits per heavy atom. The van der Waals surface area contributed by atoms with Gasteiger partial charge in [0, 0.05) is 5.56 Å². The largest absolute Gasteiger partial charge is 0.507 e. The fourth-order valence-corrected chi connectivity index (χ4v) is 5.69. The third-order valence-corrected chi connectivity index (χ3v) is 7.89. The van der Waals surface area contributed by atoms with Gasteiger partial charge in [0.1, 0.15) is 29.6 Å². The number of nitrogens with zero attached hydrogens (tertiary/aromatic N) is 2. The van der Waals surface area contributed by atoms with E-state index in [1.54, 1.807) is 49.4 Å². The second kappa shape index (κ2) is 12.2. The van der Waals surface area contributed by atoms with Crippen LogP contribution in [0.2, 0.25) is 0 Å². The predicted octanol–water partition coefficient (Wildman–Crippen LogP) is 6.31. The Morgan fingerprint density at radius 3 is 2.40 bits per heavy atom. The van der Waals surface area contributed by atoms with E-state index in [0.717, 1.165) is 22.5 Å². The van der Waals surface area contributed by atoms with Crippen molar-refractivity contribution in [2.75, 3.05) is 11.5 Å². The highest BCUT2D eigenvalue weighted by Crippen LogP contribution is 2.44. The van der Waals surface area contributed by atoms with Crippen molar-refractivity contribution in [3.63, 3.8) is 0 Å². The topological polar surface area (TPSA) is 106 Å². The van der Waals surface area contributed by atoms with Gasteiger partial charge in [-0.15, -0.1) is 0 Å². The van der Waals surface area contributed by atoms with E-state index in [9.17, 15) is 19.5 Å². The number of rotatable bonds is 9. The lowest BCUT2D eigenvalue weighted by Crippen LogP contribution is -2.29. The normalized spacial score (nSPS) is 16.0. The first-order chi connectivity index (χ1) is 20.3. The lowest BCUT2D eigenvalue weighted by molar-refractivity contribution is -0.132. The molecule has 5 rings (SSSR count). The minimum absolute atomic E-state index is 0.0234. The lowest BCUT2D eigenvalue weighted by Gasteiger charge is -2.23. The van der Waals surface area contributed by atoms with Gasteiger partial charge in [-0.25, -0.2) is 9.78 Å². The third-order valence-electron chi connectivity index (χ3n) is 6.75. The van der Waals surface area contributed by atoms with Crippen LogP contribution in [0.25, 0.3) is 5.76 Å². The van der Waals surface area contributed by atoms with E-state index >= 15 is 0 Å². The molecule has 2 heterocycles. The molecule has 0 unspecified atom stereocenters. The number of carbonyl (C=O) groups excluding carboxylic acids is 3. The number of aliphatic hydroxyl groups excluding tert-OH is 1. The molecule has 1 saturated heterocycles. The molecule has 0 saturated carbocycles. The summed E-state index contributed by atoms with van der Waals surface area (Å²) in [7, 11) is 0. The maximum Gasteiger partial charge on any atom is 0.350 e. The van der Waals surface area contributed by atoms with Gasteiger partial charge in [-0.2, -0.15) is 0 Å². The van der Waals surface area contributed by atoms with Crippen LogP contribution in [0.3, 0.4) is 0 Å². The van der Waals surface area contributed by atoms with Crippen molar-refractivity contribution in [1.29, 1.82) is 0 Å². The second-order valence-electron chi connectivity index (χ2n) is 9.63. The number of Topliss-reactive ketones (excluding diaryl/α,β-unsaturated/α-hetero) is 1. The first-order valence-electron chi connectivity index (χ1n) is 13.2.